The zero-order valence-electron chi connectivity index (χ0n) is 8.72. The van der Waals surface area contributed by atoms with E-state index in [2.05, 4.69) is 21.2 Å². The Hall–Kier alpha value is -0.130. The third-order valence-electron chi connectivity index (χ3n) is 1.50. The van der Waals surface area contributed by atoms with Crippen LogP contribution < -0.4 is 5.32 Å². The molecule has 0 saturated carbocycles. The molecule has 0 spiro atoms. The number of alkyl halides is 1. The van der Waals surface area contributed by atoms with Gasteiger partial charge < -0.3 is 14.8 Å². The van der Waals surface area contributed by atoms with Crippen molar-refractivity contribution in [2.45, 2.75) is 19.4 Å². The van der Waals surface area contributed by atoms with Crippen LogP contribution in [0.4, 0.5) is 0 Å². The smallest absolute Gasteiger partial charge is 0.246 e. The van der Waals surface area contributed by atoms with Gasteiger partial charge in [-0.15, -0.1) is 0 Å². The van der Waals surface area contributed by atoms with E-state index in [0.717, 1.165) is 6.42 Å². The SMILES string of the molecule is CCCOCC(=O)NC(CBr)COC. The van der Waals surface area contributed by atoms with Crippen LogP contribution in [0.25, 0.3) is 0 Å². The lowest BCUT2D eigenvalue weighted by Crippen LogP contribution is -2.41. The molecule has 0 aromatic rings. The summed E-state index contributed by atoms with van der Waals surface area (Å²) in [6.07, 6.45) is 0.924. The van der Waals surface area contributed by atoms with Crippen molar-refractivity contribution in [3.8, 4) is 0 Å². The van der Waals surface area contributed by atoms with E-state index in [1.165, 1.54) is 0 Å². The summed E-state index contributed by atoms with van der Waals surface area (Å²) in [6.45, 7) is 3.26. The number of hydrogen-bond acceptors (Lipinski definition) is 3. The van der Waals surface area contributed by atoms with Gasteiger partial charge in [-0.1, -0.05) is 22.9 Å². The Morgan fingerprint density at radius 3 is 2.79 bits per heavy atom. The molecule has 0 bridgehead atoms. The standard InChI is InChI=1S/C9H18BrNO3/c1-3-4-14-7-9(12)11-8(5-10)6-13-2/h8H,3-7H2,1-2H3,(H,11,12). The third kappa shape index (κ3) is 7.29. The van der Waals surface area contributed by atoms with E-state index in [9.17, 15) is 4.79 Å². The summed E-state index contributed by atoms with van der Waals surface area (Å²) in [5, 5.41) is 3.47. The topological polar surface area (TPSA) is 47.6 Å². The van der Waals surface area contributed by atoms with E-state index in [1.54, 1.807) is 7.11 Å². The van der Waals surface area contributed by atoms with Crippen LogP contribution in [0.5, 0.6) is 0 Å². The van der Waals surface area contributed by atoms with Gasteiger partial charge in [0.1, 0.15) is 6.61 Å². The van der Waals surface area contributed by atoms with Crippen LogP contribution in [0.3, 0.4) is 0 Å². The van der Waals surface area contributed by atoms with E-state index in [0.29, 0.717) is 18.5 Å². The number of methoxy groups -OCH3 is 1. The summed E-state index contributed by atoms with van der Waals surface area (Å²) >= 11 is 3.29. The highest BCUT2D eigenvalue weighted by Gasteiger charge is 2.10. The first kappa shape index (κ1) is 13.9. The van der Waals surface area contributed by atoms with Crippen molar-refractivity contribution in [2.75, 3.05) is 32.3 Å². The predicted octanol–water partition coefficient (Wildman–Crippen LogP) is 0.939. The molecule has 0 aliphatic heterocycles. The molecule has 1 N–H and O–H groups in total. The summed E-state index contributed by atoms with van der Waals surface area (Å²) in [5.41, 5.74) is 0. The van der Waals surface area contributed by atoms with Crippen molar-refractivity contribution in [2.24, 2.45) is 0 Å². The van der Waals surface area contributed by atoms with Gasteiger partial charge in [0, 0.05) is 19.0 Å². The van der Waals surface area contributed by atoms with E-state index in [4.69, 9.17) is 9.47 Å². The Morgan fingerprint density at radius 1 is 1.57 bits per heavy atom. The first-order valence-electron chi connectivity index (χ1n) is 4.66. The Labute approximate surface area is 93.5 Å². The summed E-state index contributed by atoms with van der Waals surface area (Å²) in [7, 11) is 1.61. The summed E-state index contributed by atoms with van der Waals surface area (Å²) in [6, 6.07) is 0.0118. The minimum atomic E-state index is -0.0973. The molecule has 0 heterocycles. The Bertz CT molecular complexity index is 155. The largest absolute Gasteiger partial charge is 0.383 e. The van der Waals surface area contributed by atoms with Gasteiger partial charge in [0.05, 0.1) is 12.6 Å². The molecule has 1 unspecified atom stereocenters. The lowest BCUT2D eigenvalue weighted by atomic mass is 10.3. The Morgan fingerprint density at radius 2 is 2.29 bits per heavy atom. The molecule has 0 fully saturated rings. The zero-order valence-corrected chi connectivity index (χ0v) is 10.3. The molecule has 4 nitrogen and oxygen atoms in total. The summed E-state index contributed by atoms with van der Waals surface area (Å²) in [5.74, 6) is -0.0973. The highest BCUT2D eigenvalue weighted by atomic mass is 79.9. The second-order valence-corrected chi connectivity index (χ2v) is 3.57. The maximum atomic E-state index is 11.2. The minimum Gasteiger partial charge on any atom is -0.383 e. The predicted molar refractivity (Wildman–Crippen MR) is 58.7 cm³/mol. The van der Waals surface area contributed by atoms with Crippen molar-refractivity contribution >= 4 is 21.8 Å². The highest BCUT2D eigenvalue weighted by Crippen LogP contribution is 1.92. The quantitative estimate of drug-likeness (QED) is 0.526. The van der Waals surface area contributed by atoms with Crippen molar-refractivity contribution < 1.29 is 14.3 Å². The number of carbonyl (C=O) groups excluding carboxylic acids is 1. The molecule has 5 heteroatoms. The second kappa shape index (κ2) is 9.43. The maximum Gasteiger partial charge on any atom is 0.246 e. The summed E-state index contributed by atoms with van der Waals surface area (Å²) < 4.78 is 10.0. The molecule has 84 valence electrons. The fourth-order valence-electron chi connectivity index (χ4n) is 0.905. The van der Waals surface area contributed by atoms with Crippen LogP contribution in [-0.2, 0) is 14.3 Å². The van der Waals surface area contributed by atoms with Gasteiger partial charge in [-0.05, 0) is 6.42 Å². The zero-order chi connectivity index (χ0) is 10.8. The van der Waals surface area contributed by atoms with Crippen LogP contribution in [0.2, 0.25) is 0 Å². The molecule has 0 aliphatic carbocycles. The number of amides is 1. The number of nitrogens with one attached hydrogen (secondary N) is 1. The van der Waals surface area contributed by atoms with E-state index in [-0.39, 0.29) is 18.6 Å². The van der Waals surface area contributed by atoms with E-state index < -0.39 is 0 Å². The van der Waals surface area contributed by atoms with Gasteiger partial charge in [-0.25, -0.2) is 0 Å². The number of rotatable bonds is 8. The van der Waals surface area contributed by atoms with Gasteiger partial charge in [0.2, 0.25) is 5.91 Å². The van der Waals surface area contributed by atoms with Gasteiger partial charge in [0.25, 0.3) is 0 Å². The normalized spacial score (nSPS) is 12.5. The minimum absolute atomic E-state index is 0.0118. The van der Waals surface area contributed by atoms with Gasteiger partial charge in [-0.3, -0.25) is 4.79 Å². The molecule has 0 aliphatic rings. The van der Waals surface area contributed by atoms with Crippen LogP contribution in [-0.4, -0.2) is 44.2 Å². The molecule has 0 saturated heterocycles. The molecule has 1 amide bonds. The maximum absolute atomic E-state index is 11.2. The number of carbonyl (C=O) groups is 1. The number of ether oxygens (including phenoxy) is 2. The van der Waals surface area contributed by atoms with Crippen LogP contribution in [0.1, 0.15) is 13.3 Å². The first-order chi connectivity index (χ1) is 6.74. The van der Waals surface area contributed by atoms with Gasteiger partial charge in [-0.2, -0.15) is 0 Å². The van der Waals surface area contributed by atoms with Crippen molar-refractivity contribution in [1.82, 2.24) is 5.32 Å². The molecule has 0 aromatic heterocycles. The Balaban J connectivity index is 3.56. The second-order valence-electron chi connectivity index (χ2n) is 2.93. The lowest BCUT2D eigenvalue weighted by molar-refractivity contribution is -0.126. The van der Waals surface area contributed by atoms with Crippen molar-refractivity contribution in [3.63, 3.8) is 0 Å². The average molecular weight is 268 g/mol. The number of hydrogen-bond donors (Lipinski definition) is 1. The highest BCUT2D eigenvalue weighted by molar-refractivity contribution is 9.09. The van der Waals surface area contributed by atoms with E-state index in [1.807, 2.05) is 6.92 Å². The van der Waals surface area contributed by atoms with Crippen molar-refractivity contribution in [3.05, 3.63) is 0 Å². The molecule has 1 atom stereocenters. The fraction of sp³-hybridized carbons (Fsp3) is 0.889. The van der Waals surface area contributed by atoms with Crippen LogP contribution in [0, 0.1) is 0 Å². The summed E-state index contributed by atoms with van der Waals surface area (Å²) in [4.78, 5) is 11.2. The molecular weight excluding hydrogens is 250 g/mol. The number of halogens is 1. The average Bonchev–Trinajstić information content (AvgIpc) is 2.17. The van der Waals surface area contributed by atoms with Crippen LogP contribution in [0.15, 0.2) is 0 Å². The molecule has 0 radical (unpaired) electrons. The molecular formula is C9H18BrNO3. The molecule has 0 rings (SSSR count). The molecule has 14 heavy (non-hydrogen) atoms. The fourth-order valence-corrected chi connectivity index (χ4v) is 1.25. The Kier molecular flexibility index (Phi) is 9.34. The van der Waals surface area contributed by atoms with E-state index >= 15 is 0 Å². The first-order valence-corrected chi connectivity index (χ1v) is 5.78. The van der Waals surface area contributed by atoms with Gasteiger partial charge in [0.15, 0.2) is 0 Å². The third-order valence-corrected chi connectivity index (χ3v) is 2.28. The lowest BCUT2D eigenvalue weighted by Gasteiger charge is -2.14. The van der Waals surface area contributed by atoms with Crippen LogP contribution >= 0.6 is 15.9 Å². The monoisotopic (exact) mass is 267 g/mol. The molecule has 0 aromatic carbocycles. The van der Waals surface area contributed by atoms with Crippen molar-refractivity contribution in [1.29, 1.82) is 0 Å². The van der Waals surface area contributed by atoms with Gasteiger partial charge >= 0.3 is 0 Å².